The van der Waals surface area contributed by atoms with Gasteiger partial charge in [-0.25, -0.2) is 0 Å². The summed E-state index contributed by atoms with van der Waals surface area (Å²) in [6, 6.07) is 13.1. The lowest BCUT2D eigenvalue weighted by Crippen LogP contribution is -2.47. The highest BCUT2D eigenvalue weighted by molar-refractivity contribution is 5.85. The number of ether oxygens (including phenoxy) is 8. The molecule has 4 fully saturated rings. The van der Waals surface area contributed by atoms with Gasteiger partial charge in [-0.05, 0) is 166 Å². The van der Waals surface area contributed by atoms with Gasteiger partial charge in [-0.1, -0.05) is 83.1 Å². The van der Waals surface area contributed by atoms with Gasteiger partial charge >= 0.3 is 0 Å². The molecule has 8 atom stereocenters. The van der Waals surface area contributed by atoms with Crippen LogP contribution in [0.3, 0.4) is 0 Å². The van der Waals surface area contributed by atoms with Crippen molar-refractivity contribution in [1.82, 2.24) is 19.6 Å². The fraction of sp³-hybridized carbons (Fsp3) is 0.650. The highest BCUT2D eigenvalue weighted by atomic mass is 16.5. The van der Waals surface area contributed by atoms with Crippen LogP contribution < -0.4 is 37.9 Å². The number of methoxy groups -OCH3 is 8. The predicted octanol–water partition coefficient (Wildman–Crippen LogP) is 14.5. The van der Waals surface area contributed by atoms with Crippen LogP contribution in [0.5, 0.6) is 46.0 Å². The smallest absolute Gasteiger partial charge is 0.161 e. The minimum atomic E-state index is -2.75. The first-order valence-corrected chi connectivity index (χ1v) is 34.2. The molecule has 16 heteroatoms. The Hall–Kier alpha value is -6.20. The van der Waals surface area contributed by atoms with Crippen LogP contribution in [0.15, 0.2) is 48.5 Å². The van der Waals surface area contributed by atoms with E-state index in [0.29, 0.717) is 79.8 Å². The Morgan fingerprint density at radius 1 is 0.365 bits per heavy atom. The van der Waals surface area contributed by atoms with Crippen molar-refractivity contribution < 1.29 is 77.6 Å². The Bertz CT molecular complexity index is 4040. The molecule has 0 bridgehead atoms. The molecule has 8 heterocycles. The second-order valence-electron chi connectivity index (χ2n) is 32.3. The van der Waals surface area contributed by atoms with Crippen LogP contribution in [0.2, 0.25) is 0 Å². The molecule has 0 aliphatic carbocycles. The maximum atomic E-state index is 13.1. The minimum absolute atomic E-state index is 0.0117. The molecule has 0 amide bonds. The molecule has 16 nitrogen and oxygen atoms in total. The predicted molar refractivity (Wildman–Crippen MR) is 379 cm³/mol. The number of benzene rings is 4. The number of ketones is 4. The molecule has 4 aromatic carbocycles. The van der Waals surface area contributed by atoms with Crippen molar-refractivity contribution in [3.8, 4) is 46.0 Å². The van der Waals surface area contributed by atoms with Crippen LogP contribution in [-0.4, -0.2) is 152 Å². The van der Waals surface area contributed by atoms with E-state index in [4.69, 9.17) is 58.5 Å². The maximum Gasteiger partial charge on any atom is 0.161 e. The van der Waals surface area contributed by atoms with Crippen LogP contribution in [0.1, 0.15) is 224 Å². The zero-order chi connectivity index (χ0) is 82.6. The molecule has 0 saturated carbocycles. The molecular weight excluding hydrogens is 1210 g/mol. The standard InChI is InChI=1S/4C20H29NO3/c4*1-20(2,3)11-14-12-21-7-6-13-8-18(23-4)19(24-5)9-15(13)16(21)10-17(14)22/h4*8-9,14,16H,6-7,10-12H2,1-5H3/t4*14-,16-/m0000/s1/i10D2,14D;4D3,5D3;5D3;4D3. The molecule has 4 saturated heterocycles. The molecular formula is C80H116N4O12. The number of rotatable bonds is 12. The molecule has 528 valence electrons. The van der Waals surface area contributed by atoms with Crippen LogP contribution >= 0.6 is 0 Å². The number of carbonyl (C=O) groups excluding carboxylic acids is 4. The monoisotopic (exact) mass is 1340 g/mol. The lowest BCUT2D eigenvalue weighted by molar-refractivity contribution is -0.130. The van der Waals surface area contributed by atoms with Gasteiger partial charge in [0.1, 0.15) is 23.1 Å². The molecule has 0 aromatic heterocycles. The molecule has 12 rings (SSSR count). The summed E-state index contributed by atoms with van der Waals surface area (Å²) in [7, 11) is -4.43. The quantitative estimate of drug-likeness (QED) is 0.132. The minimum Gasteiger partial charge on any atom is -0.493 e. The number of piperidine rings is 4. The summed E-state index contributed by atoms with van der Waals surface area (Å²) >= 11 is 0. The Balaban J connectivity index is 0.000000170. The zero-order valence-corrected chi connectivity index (χ0v) is 59.8. The molecule has 0 radical (unpaired) electrons. The van der Waals surface area contributed by atoms with E-state index in [1.54, 1.807) is 38.5 Å². The van der Waals surface area contributed by atoms with Gasteiger partial charge in [0.2, 0.25) is 0 Å². The summed E-state index contributed by atoms with van der Waals surface area (Å²) in [5, 5.41) is 0. The lowest BCUT2D eigenvalue weighted by atomic mass is 9.76. The average molecular weight is 1340 g/mol. The van der Waals surface area contributed by atoms with Crippen LogP contribution in [0, 0.1) is 45.3 Å². The SMILES string of the molecule is [2H]C([2H])([2H])Oc1cc2c(cc1OC([2H])([2H])[2H])[C@@H]1CC(=O)[C@@H](CC(C)(C)C)CN1CC2.[2H]C([2H])([2H])Oc1cc2c(cc1OC)CCN1C[C@H](CC(C)(C)C)C(=O)C[C@@H]21.[2H]C([2H])([2H])Oc1cc2c(cc1OC)[C@@H]1CC(=O)[C@@H](CC(C)(C)C)CN1CC2.[2H]C1([2H])C(=O)[C@@]([2H])(CC(C)(C)C)CN2CCc3cc(OC)c(OC)cc3[C@@H]21. The van der Waals surface area contributed by atoms with E-state index in [2.05, 4.69) is 77.0 Å². The van der Waals surface area contributed by atoms with E-state index in [1.165, 1.54) is 20.3 Å². The summed E-state index contributed by atoms with van der Waals surface area (Å²) in [6.45, 7) is 31.0. The fourth-order valence-corrected chi connectivity index (χ4v) is 15.9. The number of carbonyl (C=O) groups is 4. The van der Waals surface area contributed by atoms with Crippen molar-refractivity contribution in [3.05, 3.63) is 93.0 Å². The van der Waals surface area contributed by atoms with Crippen molar-refractivity contribution in [2.75, 3.05) is 109 Å². The van der Waals surface area contributed by atoms with E-state index in [-0.39, 0.29) is 92.9 Å². The molecule has 0 unspecified atom stereocenters. The second-order valence-corrected chi connectivity index (χ2v) is 32.3. The maximum absolute atomic E-state index is 13.1. The topological polar surface area (TPSA) is 155 Å². The van der Waals surface area contributed by atoms with Crippen LogP contribution in [0.4, 0.5) is 0 Å². The third-order valence-corrected chi connectivity index (χ3v) is 20.1. The first kappa shape index (κ1) is 55.7. The fourth-order valence-electron chi connectivity index (χ4n) is 15.9. The zero-order valence-electron chi connectivity index (χ0n) is 74.8. The van der Waals surface area contributed by atoms with Gasteiger partial charge in [-0.3, -0.25) is 38.8 Å². The number of hydrogen-bond donors (Lipinski definition) is 0. The van der Waals surface area contributed by atoms with Gasteiger partial charge in [-0.15, -0.1) is 0 Å². The van der Waals surface area contributed by atoms with Crippen molar-refractivity contribution in [2.24, 2.45) is 45.3 Å². The van der Waals surface area contributed by atoms with E-state index in [0.717, 1.165) is 116 Å². The number of fused-ring (bicyclic) bond motifs is 12. The highest BCUT2D eigenvalue weighted by Crippen LogP contribution is 2.49. The number of hydrogen-bond acceptors (Lipinski definition) is 16. The van der Waals surface area contributed by atoms with Gasteiger partial charge in [-0.2, -0.15) is 0 Å². The lowest BCUT2D eigenvalue weighted by Gasteiger charge is -2.44. The highest BCUT2D eigenvalue weighted by Gasteiger charge is 2.44. The Kier molecular flexibility index (Phi) is 17.7. The van der Waals surface area contributed by atoms with Gasteiger partial charge < -0.3 is 37.9 Å². The molecule has 96 heavy (non-hydrogen) atoms. The summed E-state index contributed by atoms with van der Waals surface area (Å²) in [6.07, 6.45) is 5.16. The van der Waals surface area contributed by atoms with Gasteiger partial charge in [0.05, 0.1) is 73.0 Å². The van der Waals surface area contributed by atoms with Crippen LogP contribution in [-0.2, 0) is 44.9 Å². The summed E-state index contributed by atoms with van der Waals surface area (Å²) in [4.78, 5) is 60.6. The normalized spacial score (nSPS) is 28.4. The summed E-state index contributed by atoms with van der Waals surface area (Å²) < 4.78 is 157. The van der Waals surface area contributed by atoms with Crippen molar-refractivity contribution in [3.63, 3.8) is 0 Å². The van der Waals surface area contributed by atoms with E-state index >= 15 is 0 Å². The second kappa shape index (κ2) is 30.5. The Morgan fingerprint density at radius 2 is 0.615 bits per heavy atom. The van der Waals surface area contributed by atoms with E-state index in [9.17, 15) is 19.2 Å². The summed E-state index contributed by atoms with van der Waals surface area (Å²) in [5.74, 6) is 1.05. The van der Waals surface area contributed by atoms with Gasteiger partial charge in [0, 0.05) is 130 Å². The third kappa shape index (κ3) is 17.6. The summed E-state index contributed by atoms with van der Waals surface area (Å²) in [5.41, 5.74) is 7.66. The van der Waals surface area contributed by atoms with Crippen molar-refractivity contribution >= 4 is 23.1 Å². The molecule has 8 aliphatic rings. The van der Waals surface area contributed by atoms with Crippen LogP contribution in [0.25, 0.3) is 0 Å². The van der Waals surface area contributed by atoms with Gasteiger partial charge in [0.15, 0.2) is 46.0 Å². The molecule has 0 spiro atoms. The van der Waals surface area contributed by atoms with Crippen molar-refractivity contribution in [1.29, 1.82) is 0 Å². The molecule has 4 aromatic rings. The van der Waals surface area contributed by atoms with Gasteiger partial charge in [0.25, 0.3) is 0 Å². The largest absolute Gasteiger partial charge is 0.493 e. The van der Waals surface area contributed by atoms with Crippen molar-refractivity contribution in [2.45, 2.75) is 184 Å². The average Bonchev–Trinajstić information content (AvgIpc) is 0.721. The number of Topliss-reactive ketones (excluding diaryl/α,β-unsaturated/α-hetero) is 4. The number of nitrogens with zero attached hydrogens (tertiary/aromatic N) is 4. The molecule has 8 aliphatic heterocycles. The Labute approximate surface area is 596 Å². The third-order valence-electron chi connectivity index (χ3n) is 20.1. The molecule has 0 N–H and O–H groups in total. The first-order valence-electron chi connectivity index (χ1n) is 41.7. The Morgan fingerprint density at radius 3 is 0.885 bits per heavy atom. The van der Waals surface area contributed by atoms with E-state index in [1.807, 2.05) is 43.9 Å². The first-order chi connectivity index (χ1) is 51.0. The van der Waals surface area contributed by atoms with E-state index < -0.39 is 52.2 Å².